The van der Waals surface area contributed by atoms with Crippen LogP contribution in [0.15, 0.2) is 36.4 Å². The molecule has 2 saturated heterocycles. The third kappa shape index (κ3) is 3.69. The largest absolute Gasteiger partial charge is 0.519 e. The van der Waals surface area contributed by atoms with E-state index in [0.717, 1.165) is 25.9 Å². The van der Waals surface area contributed by atoms with E-state index in [1.807, 2.05) is 12.1 Å². The minimum absolute atomic E-state index is 0.243. The van der Waals surface area contributed by atoms with Crippen molar-refractivity contribution in [2.45, 2.75) is 100.0 Å². The van der Waals surface area contributed by atoms with Crippen molar-refractivity contribution >= 4 is 6.16 Å². The molecule has 2 aromatic rings. The highest BCUT2D eigenvalue weighted by Gasteiger charge is 2.54. The van der Waals surface area contributed by atoms with E-state index < -0.39 is 6.16 Å². The number of rotatable bonds is 2. The normalized spacial score (nSPS) is 36.5. The first-order valence-corrected chi connectivity index (χ1v) is 16.0. The number of fused-ring (bicyclic) bond motifs is 2. The molecule has 4 fully saturated rings. The fraction of sp³-hybridized carbons (Fsp3) is 0.629. The van der Waals surface area contributed by atoms with E-state index in [9.17, 15) is 4.79 Å². The van der Waals surface area contributed by atoms with Crippen LogP contribution in [0.2, 0.25) is 0 Å². The van der Waals surface area contributed by atoms with Gasteiger partial charge in [0.25, 0.3) is 0 Å². The van der Waals surface area contributed by atoms with E-state index in [0.29, 0.717) is 35.4 Å². The summed E-state index contributed by atoms with van der Waals surface area (Å²) in [6.45, 7) is 2.32. The van der Waals surface area contributed by atoms with Gasteiger partial charge in [0.05, 0.1) is 0 Å². The maximum atomic E-state index is 13.1. The maximum absolute atomic E-state index is 13.1. The average Bonchev–Trinajstić information content (AvgIpc) is 2.97. The smallest absolute Gasteiger partial charge is 0.395 e. The first-order valence-electron chi connectivity index (χ1n) is 16.0. The molecular weight excluding hydrogens is 496 g/mol. The van der Waals surface area contributed by atoms with Crippen LogP contribution in [0.1, 0.15) is 86.5 Å². The van der Waals surface area contributed by atoms with Crippen molar-refractivity contribution in [1.82, 2.24) is 9.80 Å². The minimum atomic E-state index is -0.621. The van der Waals surface area contributed by atoms with Crippen LogP contribution >= 0.6 is 0 Å². The summed E-state index contributed by atoms with van der Waals surface area (Å²) < 4.78 is 11.8. The van der Waals surface area contributed by atoms with Crippen LogP contribution in [0.25, 0.3) is 0 Å². The minimum Gasteiger partial charge on any atom is -0.395 e. The molecule has 0 spiro atoms. The van der Waals surface area contributed by atoms with Gasteiger partial charge in [0, 0.05) is 22.9 Å². The Morgan fingerprint density at radius 1 is 0.700 bits per heavy atom. The lowest BCUT2D eigenvalue weighted by Gasteiger charge is -2.58. The fourth-order valence-corrected chi connectivity index (χ4v) is 10.7. The van der Waals surface area contributed by atoms with Crippen LogP contribution in [0.4, 0.5) is 4.79 Å². The first kappa shape index (κ1) is 25.3. The molecule has 0 radical (unpaired) electrons. The Balaban J connectivity index is 1.05. The highest BCUT2D eigenvalue weighted by atomic mass is 16.7. The molecule has 6 unspecified atom stereocenters. The molecule has 8 rings (SSSR count). The molecule has 2 saturated carbocycles. The van der Waals surface area contributed by atoms with E-state index in [2.05, 4.69) is 48.2 Å². The molecule has 6 atom stereocenters. The number of piperidine rings is 2. The molecule has 5 heteroatoms. The zero-order chi connectivity index (χ0) is 27.1. The van der Waals surface area contributed by atoms with Crippen molar-refractivity contribution in [1.29, 1.82) is 0 Å². The lowest BCUT2D eigenvalue weighted by Crippen LogP contribution is -2.59. The van der Waals surface area contributed by atoms with E-state index in [1.54, 1.807) is 0 Å². The second-order valence-corrected chi connectivity index (χ2v) is 14.1. The molecule has 40 heavy (non-hydrogen) atoms. The average molecular weight is 541 g/mol. The van der Waals surface area contributed by atoms with Crippen molar-refractivity contribution in [3.05, 3.63) is 58.7 Å². The van der Waals surface area contributed by atoms with Gasteiger partial charge in [-0.2, -0.15) is 0 Å². The molecule has 4 bridgehead atoms. The zero-order valence-corrected chi connectivity index (χ0v) is 24.3. The summed E-state index contributed by atoms with van der Waals surface area (Å²) in [5.74, 6) is 2.68. The third-order valence-corrected chi connectivity index (χ3v) is 12.6. The van der Waals surface area contributed by atoms with Crippen LogP contribution in [-0.2, 0) is 23.7 Å². The lowest BCUT2D eigenvalue weighted by molar-refractivity contribution is 0.00265. The molecule has 5 nitrogen and oxygen atoms in total. The van der Waals surface area contributed by atoms with Gasteiger partial charge in [-0.05, 0) is 137 Å². The van der Waals surface area contributed by atoms with Crippen LogP contribution < -0.4 is 9.47 Å². The highest BCUT2D eigenvalue weighted by molar-refractivity contribution is 5.68. The van der Waals surface area contributed by atoms with Crippen molar-refractivity contribution in [3.63, 3.8) is 0 Å². The standard InChI is InChI=1S/C35H44N2O3/c1-36-17-15-34-13-5-3-7-27(34)31(36)19-23-9-11-25(21-29(23)34)39-33(38)40-26-12-10-24-20-32-28-8-4-6-14-35(28,30(24)22-26)16-18-37(32)2/h9-12,21-22,27-28,31-32H,3-8,13-20H2,1-2H3. The van der Waals surface area contributed by atoms with Gasteiger partial charge in [-0.15, -0.1) is 0 Å². The second kappa shape index (κ2) is 9.32. The van der Waals surface area contributed by atoms with E-state index in [1.165, 1.54) is 86.5 Å². The number of benzene rings is 2. The quantitative estimate of drug-likeness (QED) is 0.316. The van der Waals surface area contributed by atoms with Crippen molar-refractivity contribution in [2.75, 3.05) is 27.2 Å². The molecule has 0 amide bonds. The van der Waals surface area contributed by atoms with Gasteiger partial charge in [0.15, 0.2) is 0 Å². The summed E-state index contributed by atoms with van der Waals surface area (Å²) >= 11 is 0. The number of hydrogen-bond acceptors (Lipinski definition) is 5. The third-order valence-electron chi connectivity index (χ3n) is 12.6. The second-order valence-electron chi connectivity index (χ2n) is 14.1. The molecule has 212 valence electrons. The van der Waals surface area contributed by atoms with Gasteiger partial charge in [-0.1, -0.05) is 37.8 Å². The number of likely N-dealkylation sites (tertiary alicyclic amines) is 2. The van der Waals surface area contributed by atoms with Gasteiger partial charge in [-0.3, -0.25) is 0 Å². The molecule has 4 aliphatic carbocycles. The van der Waals surface area contributed by atoms with Crippen LogP contribution in [0.3, 0.4) is 0 Å². The number of likely N-dealkylation sites (N-methyl/N-ethyl adjacent to an activating group) is 2. The summed E-state index contributed by atoms with van der Waals surface area (Å²) in [7, 11) is 4.61. The molecule has 2 aromatic carbocycles. The Bertz CT molecular complexity index is 1240. The SMILES string of the molecule is CN1CCC23CCCCC2C1Cc1ccc(OC(=O)Oc2ccc4c(c2)C25CCCCC2C(C4)N(C)CC5)cc13. The molecule has 6 aliphatic rings. The Morgan fingerprint density at radius 3 is 1.65 bits per heavy atom. The predicted molar refractivity (Wildman–Crippen MR) is 156 cm³/mol. The lowest BCUT2D eigenvalue weighted by atomic mass is 9.52. The Kier molecular flexibility index (Phi) is 5.91. The summed E-state index contributed by atoms with van der Waals surface area (Å²) in [6, 6.07) is 14.1. The molecule has 0 N–H and O–H groups in total. The van der Waals surface area contributed by atoms with Gasteiger partial charge < -0.3 is 19.3 Å². The van der Waals surface area contributed by atoms with Crippen LogP contribution in [0, 0.1) is 11.8 Å². The predicted octanol–water partition coefficient (Wildman–Crippen LogP) is 6.64. The summed E-state index contributed by atoms with van der Waals surface area (Å²) in [5.41, 5.74) is 6.27. The first-order chi connectivity index (χ1) is 19.5. The zero-order valence-electron chi connectivity index (χ0n) is 24.3. The Hall–Kier alpha value is -2.37. The number of hydrogen-bond donors (Lipinski definition) is 0. The Labute approximate surface area is 239 Å². The van der Waals surface area contributed by atoms with E-state index >= 15 is 0 Å². The van der Waals surface area contributed by atoms with Crippen molar-refractivity contribution < 1.29 is 14.3 Å². The monoisotopic (exact) mass is 540 g/mol. The summed E-state index contributed by atoms with van der Waals surface area (Å²) in [4.78, 5) is 18.3. The van der Waals surface area contributed by atoms with Crippen molar-refractivity contribution in [3.8, 4) is 11.5 Å². The van der Waals surface area contributed by atoms with Crippen LogP contribution in [0.5, 0.6) is 11.5 Å². The van der Waals surface area contributed by atoms with Gasteiger partial charge >= 0.3 is 6.16 Å². The number of nitrogens with zero attached hydrogens (tertiary/aromatic N) is 2. The molecule has 0 aromatic heterocycles. The van der Waals surface area contributed by atoms with Gasteiger partial charge in [0.1, 0.15) is 11.5 Å². The van der Waals surface area contributed by atoms with Crippen LogP contribution in [-0.4, -0.2) is 55.2 Å². The number of carbonyl (C=O) groups excluding carboxylic acids is 1. The topological polar surface area (TPSA) is 42.0 Å². The summed E-state index contributed by atoms with van der Waals surface area (Å²) in [6.07, 6.45) is 14.5. The summed E-state index contributed by atoms with van der Waals surface area (Å²) in [5, 5.41) is 0. The van der Waals surface area contributed by atoms with Crippen molar-refractivity contribution in [2.24, 2.45) is 11.8 Å². The van der Waals surface area contributed by atoms with Gasteiger partial charge in [0.2, 0.25) is 0 Å². The fourth-order valence-electron chi connectivity index (χ4n) is 10.7. The number of ether oxygens (including phenoxy) is 2. The van der Waals surface area contributed by atoms with E-state index in [-0.39, 0.29) is 10.8 Å². The van der Waals surface area contributed by atoms with E-state index in [4.69, 9.17) is 9.47 Å². The maximum Gasteiger partial charge on any atom is 0.519 e. The highest BCUT2D eigenvalue weighted by Crippen LogP contribution is 2.57. The number of carbonyl (C=O) groups is 1. The van der Waals surface area contributed by atoms with Gasteiger partial charge in [-0.25, -0.2) is 4.79 Å². The molecular formula is C35H44N2O3. The molecule has 2 heterocycles. The Morgan fingerprint density at radius 2 is 1.18 bits per heavy atom. The molecule has 2 aliphatic heterocycles.